The molecule has 3 aliphatic rings. The summed E-state index contributed by atoms with van der Waals surface area (Å²) in [6, 6.07) is 7.60. The Kier molecular flexibility index (Phi) is 4.39. The van der Waals surface area contributed by atoms with E-state index in [1.54, 1.807) is 9.80 Å². The summed E-state index contributed by atoms with van der Waals surface area (Å²) in [5, 5.41) is 0. The fraction of sp³-hybridized carbons (Fsp3) is 0.389. The molecule has 0 saturated carbocycles. The van der Waals surface area contributed by atoms with Crippen LogP contribution < -0.4 is 4.90 Å². The summed E-state index contributed by atoms with van der Waals surface area (Å²) >= 11 is 6.64. The van der Waals surface area contributed by atoms with Crippen molar-refractivity contribution < 1.29 is 14.3 Å². The molecule has 0 aromatic heterocycles. The molecule has 5 nitrogen and oxygen atoms in total. The largest absolute Gasteiger partial charge is 0.376 e. The van der Waals surface area contributed by atoms with E-state index in [4.69, 9.17) is 17.0 Å². The van der Waals surface area contributed by atoms with E-state index in [0.29, 0.717) is 27.9 Å². The van der Waals surface area contributed by atoms with Crippen LogP contribution in [-0.4, -0.2) is 46.8 Å². The Balaban J connectivity index is 1.72. The second-order valence-electron chi connectivity index (χ2n) is 6.19. The molecule has 0 radical (unpaired) electrons. The lowest BCUT2D eigenvalue weighted by atomic mass is 10.1. The standard InChI is InChI=1S/C18H18N2O3S2/c1-2-19-13-8-4-3-7-12(13)14(16(19)21)15-17(22)20(18(24)25-15)10-11-6-5-9-23-11/h3-4,7-8,11H,2,5-6,9-10H2,1H3/b15-14-/t11-/m0/s1. The zero-order valence-corrected chi connectivity index (χ0v) is 15.5. The Morgan fingerprint density at radius 2 is 2.04 bits per heavy atom. The molecule has 1 aromatic carbocycles. The molecule has 2 fully saturated rings. The Morgan fingerprint density at radius 1 is 1.24 bits per heavy atom. The molecule has 3 aliphatic heterocycles. The minimum atomic E-state index is -0.179. The summed E-state index contributed by atoms with van der Waals surface area (Å²) < 4.78 is 6.13. The zero-order chi connectivity index (χ0) is 17.6. The maximum Gasteiger partial charge on any atom is 0.267 e. The fourth-order valence-electron chi connectivity index (χ4n) is 3.51. The minimum absolute atomic E-state index is 0.0329. The van der Waals surface area contributed by atoms with Crippen molar-refractivity contribution in [3.8, 4) is 0 Å². The number of nitrogens with zero attached hydrogens (tertiary/aromatic N) is 2. The number of hydrogen-bond donors (Lipinski definition) is 0. The first-order valence-corrected chi connectivity index (χ1v) is 9.65. The van der Waals surface area contributed by atoms with Gasteiger partial charge < -0.3 is 9.64 Å². The monoisotopic (exact) mass is 374 g/mol. The van der Waals surface area contributed by atoms with Crippen molar-refractivity contribution in [1.29, 1.82) is 0 Å². The molecule has 0 unspecified atom stereocenters. The topological polar surface area (TPSA) is 49.9 Å². The first-order valence-electron chi connectivity index (χ1n) is 8.42. The first kappa shape index (κ1) is 16.8. The van der Waals surface area contributed by atoms with Gasteiger partial charge in [-0.15, -0.1) is 0 Å². The molecule has 25 heavy (non-hydrogen) atoms. The third-order valence-corrected chi connectivity index (χ3v) is 6.17. The van der Waals surface area contributed by atoms with E-state index in [2.05, 4.69) is 0 Å². The number of thiocarbonyl (C=S) groups is 1. The predicted octanol–water partition coefficient (Wildman–Crippen LogP) is 2.80. The highest BCUT2D eigenvalue weighted by atomic mass is 32.2. The molecule has 1 atom stereocenters. The number of anilines is 1. The summed E-state index contributed by atoms with van der Waals surface area (Å²) in [4.78, 5) is 29.6. The van der Waals surface area contributed by atoms with Crippen molar-refractivity contribution in [2.75, 3.05) is 24.6 Å². The lowest BCUT2D eigenvalue weighted by Crippen LogP contribution is -2.35. The van der Waals surface area contributed by atoms with E-state index < -0.39 is 0 Å². The second-order valence-corrected chi connectivity index (χ2v) is 7.83. The minimum Gasteiger partial charge on any atom is -0.376 e. The average Bonchev–Trinajstić information content (AvgIpc) is 3.28. The quantitative estimate of drug-likeness (QED) is 0.601. The summed E-state index contributed by atoms with van der Waals surface area (Å²) in [5.41, 5.74) is 2.14. The van der Waals surface area contributed by atoms with Crippen LogP contribution >= 0.6 is 24.0 Å². The van der Waals surface area contributed by atoms with E-state index in [0.717, 1.165) is 30.7 Å². The van der Waals surface area contributed by atoms with Gasteiger partial charge in [-0.2, -0.15) is 0 Å². The number of likely N-dealkylation sites (N-methyl/N-ethyl adjacent to an activating group) is 1. The molecular formula is C18H18N2O3S2. The van der Waals surface area contributed by atoms with Gasteiger partial charge in [0.2, 0.25) is 0 Å². The molecular weight excluding hydrogens is 356 g/mol. The predicted molar refractivity (Wildman–Crippen MR) is 102 cm³/mol. The van der Waals surface area contributed by atoms with E-state index in [9.17, 15) is 9.59 Å². The highest BCUT2D eigenvalue weighted by molar-refractivity contribution is 8.26. The first-order chi connectivity index (χ1) is 12.1. The fourth-order valence-corrected chi connectivity index (χ4v) is 4.86. The van der Waals surface area contributed by atoms with E-state index in [1.807, 2.05) is 31.2 Å². The van der Waals surface area contributed by atoms with Gasteiger partial charge in [0.25, 0.3) is 11.8 Å². The molecule has 2 saturated heterocycles. The van der Waals surface area contributed by atoms with Gasteiger partial charge in [0.05, 0.1) is 28.8 Å². The van der Waals surface area contributed by atoms with Crippen LogP contribution in [0.2, 0.25) is 0 Å². The molecule has 0 N–H and O–H groups in total. The third kappa shape index (κ3) is 2.70. The molecule has 4 rings (SSSR count). The summed E-state index contributed by atoms with van der Waals surface area (Å²) in [6.45, 7) is 3.70. The van der Waals surface area contributed by atoms with Crippen LogP contribution in [-0.2, 0) is 14.3 Å². The zero-order valence-electron chi connectivity index (χ0n) is 13.9. The normalized spacial score (nSPS) is 26.1. The van der Waals surface area contributed by atoms with Crippen LogP contribution in [0.1, 0.15) is 25.3 Å². The molecule has 3 heterocycles. The number of carbonyl (C=O) groups excluding carboxylic acids is 2. The van der Waals surface area contributed by atoms with E-state index >= 15 is 0 Å². The molecule has 1 aromatic rings. The molecule has 0 aliphatic carbocycles. The lowest BCUT2D eigenvalue weighted by Gasteiger charge is -2.18. The molecule has 0 bridgehead atoms. The van der Waals surface area contributed by atoms with Crippen LogP contribution in [0, 0.1) is 0 Å². The van der Waals surface area contributed by atoms with Crippen LogP contribution in [0.25, 0.3) is 5.57 Å². The Bertz CT molecular complexity index is 799. The van der Waals surface area contributed by atoms with Gasteiger partial charge in [0.1, 0.15) is 4.32 Å². The SMILES string of the molecule is CCN1C(=O)/C(=C2\SC(=S)N(C[C@@H]3CCCO3)C2=O)c2ccccc21. The summed E-state index contributed by atoms with van der Waals surface area (Å²) in [5.74, 6) is -0.303. The summed E-state index contributed by atoms with van der Waals surface area (Å²) in [7, 11) is 0. The lowest BCUT2D eigenvalue weighted by molar-refractivity contribution is -0.123. The number of para-hydroxylation sites is 1. The third-order valence-electron chi connectivity index (χ3n) is 4.73. The highest BCUT2D eigenvalue weighted by Crippen LogP contribution is 2.44. The number of hydrogen-bond acceptors (Lipinski definition) is 5. The van der Waals surface area contributed by atoms with Crippen molar-refractivity contribution in [2.24, 2.45) is 0 Å². The maximum atomic E-state index is 13.0. The molecule has 130 valence electrons. The van der Waals surface area contributed by atoms with Gasteiger partial charge in [-0.1, -0.05) is 42.2 Å². The van der Waals surface area contributed by atoms with Gasteiger partial charge in [-0.3, -0.25) is 14.5 Å². The number of rotatable bonds is 3. The van der Waals surface area contributed by atoms with Gasteiger partial charge in [0, 0.05) is 18.7 Å². The van der Waals surface area contributed by atoms with Crippen molar-refractivity contribution in [2.45, 2.75) is 25.9 Å². The Labute approximate surface area is 156 Å². The smallest absolute Gasteiger partial charge is 0.267 e. The van der Waals surface area contributed by atoms with Crippen LogP contribution in [0.15, 0.2) is 29.2 Å². The number of thioether (sulfide) groups is 1. The summed E-state index contributed by atoms with van der Waals surface area (Å²) in [6.07, 6.45) is 1.98. The number of carbonyl (C=O) groups is 2. The molecule has 7 heteroatoms. The maximum absolute atomic E-state index is 13.0. The van der Waals surface area contributed by atoms with Gasteiger partial charge in [0.15, 0.2) is 0 Å². The number of amides is 2. The van der Waals surface area contributed by atoms with Crippen LogP contribution in [0.4, 0.5) is 5.69 Å². The average molecular weight is 374 g/mol. The van der Waals surface area contributed by atoms with Gasteiger partial charge in [-0.05, 0) is 25.8 Å². The number of benzene rings is 1. The number of ether oxygens (including phenoxy) is 1. The van der Waals surface area contributed by atoms with Gasteiger partial charge >= 0.3 is 0 Å². The highest BCUT2D eigenvalue weighted by Gasteiger charge is 2.42. The molecule has 2 amide bonds. The Hall–Kier alpha value is -1.70. The van der Waals surface area contributed by atoms with Crippen molar-refractivity contribution in [3.63, 3.8) is 0 Å². The number of fused-ring (bicyclic) bond motifs is 1. The van der Waals surface area contributed by atoms with Crippen LogP contribution in [0.5, 0.6) is 0 Å². The van der Waals surface area contributed by atoms with Crippen molar-refractivity contribution >= 4 is 51.4 Å². The van der Waals surface area contributed by atoms with E-state index in [1.165, 1.54) is 11.8 Å². The van der Waals surface area contributed by atoms with E-state index in [-0.39, 0.29) is 17.9 Å². The van der Waals surface area contributed by atoms with Crippen molar-refractivity contribution in [3.05, 3.63) is 34.7 Å². The van der Waals surface area contributed by atoms with Gasteiger partial charge in [-0.25, -0.2) is 0 Å². The molecule has 0 spiro atoms. The second kappa shape index (κ2) is 6.55. The Morgan fingerprint density at radius 3 is 2.76 bits per heavy atom. The van der Waals surface area contributed by atoms with Crippen molar-refractivity contribution in [1.82, 2.24) is 4.90 Å². The van der Waals surface area contributed by atoms with Crippen LogP contribution in [0.3, 0.4) is 0 Å².